The van der Waals surface area contributed by atoms with Gasteiger partial charge >= 0.3 is 0 Å². The van der Waals surface area contributed by atoms with Gasteiger partial charge in [-0.2, -0.15) is 5.10 Å². The Morgan fingerprint density at radius 3 is 2.71 bits per heavy atom. The van der Waals surface area contributed by atoms with Gasteiger partial charge in [-0.3, -0.25) is 0 Å². The Hall–Kier alpha value is -2.54. The molecule has 6 nitrogen and oxygen atoms in total. The van der Waals surface area contributed by atoms with E-state index in [2.05, 4.69) is 55.0 Å². The summed E-state index contributed by atoms with van der Waals surface area (Å²) in [7, 11) is 0. The zero-order chi connectivity index (χ0) is 19.5. The van der Waals surface area contributed by atoms with Gasteiger partial charge in [0.15, 0.2) is 5.65 Å². The fraction of sp³-hybridized carbons (Fsp3) is 0.429. The highest BCUT2D eigenvalue weighted by molar-refractivity contribution is 7.18. The molecule has 7 heteroatoms. The Bertz CT molecular complexity index is 1140. The number of hydrogen-bond acceptors (Lipinski definition) is 6. The summed E-state index contributed by atoms with van der Waals surface area (Å²) < 4.78 is 3.25. The zero-order valence-electron chi connectivity index (χ0n) is 16.7. The van der Waals surface area contributed by atoms with Gasteiger partial charge < -0.3 is 4.90 Å². The van der Waals surface area contributed by atoms with E-state index in [1.165, 1.54) is 9.71 Å². The van der Waals surface area contributed by atoms with E-state index in [-0.39, 0.29) is 11.6 Å². The molecule has 1 saturated heterocycles. The quantitative estimate of drug-likeness (QED) is 0.488. The fourth-order valence-electron chi connectivity index (χ4n) is 4.02. The van der Waals surface area contributed by atoms with Crippen molar-refractivity contribution in [3.05, 3.63) is 41.3 Å². The number of fused-ring (bicyclic) bond motifs is 2. The van der Waals surface area contributed by atoms with Gasteiger partial charge in [-0.1, -0.05) is 12.1 Å². The summed E-state index contributed by atoms with van der Waals surface area (Å²) in [5.41, 5.74) is 1.86. The average molecular weight is 393 g/mol. The van der Waals surface area contributed by atoms with Crippen LogP contribution >= 0.6 is 11.3 Å². The van der Waals surface area contributed by atoms with Crippen LogP contribution in [0, 0.1) is 6.92 Å². The van der Waals surface area contributed by atoms with Crippen molar-refractivity contribution in [2.24, 2.45) is 0 Å². The summed E-state index contributed by atoms with van der Waals surface area (Å²) >= 11 is 1.80. The molecule has 0 saturated carbocycles. The largest absolute Gasteiger partial charge is 0.346 e. The van der Waals surface area contributed by atoms with E-state index in [0.29, 0.717) is 0 Å². The lowest BCUT2D eigenvalue weighted by Crippen LogP contribution is -2.25. The van der Waals surface area contributed by atoms with Gasteiger partial charge in [-0.25, -0.2) is 19.6 Å². The molecule has 4 aromatic rings. The predicted molar refractivity (Wildman–Crippen MR) is 114 cm³/mol. The van der Waals surface area contributed by atoms with Gasteiger partial charge in [0.1, 0.15) is 16.6 Å². The van der Waals surface area contributed by atoms with Crippen LogP contribution in [0.3, 0.4) is 0 Å². The molecule has 3 aromatic heterocycles. The summed E-state index contributed by atoms with van der Waals surface area (Å²) in [6.07, 6.45) is 4.15. The summed E-state index contributed by atoms with van der Waals surface area (Å²) in [6.45, 7) is 9.39. The van der Waals surface area contributed by atoms with Gasteiger partial charge in [0.2, 0.25) is 0 Å². The second kappa shape index (κ2) is 6.24. The Kier molecular flexibility index (Phi) is 3.91. The van der Waals surface area contributed by atoms with Crippen molar-refractivity contribution >= 4 is 38.4 Å². The highest BCUT2D eigenvalue weighted by atomic mass is 32.1. The maximum absolute atomic E-state index is 4.93. The number of nitrogens with zero attached hydrogens (tertiary/aromatic N) is 6. The van der Waals surface area contributed by atoms with E-state index < -0.39 is 0 Å². The van der Waals surface area contributed by atoms with E-state index in [1.807, 2.05) is 17.8 Å². The van der Waals surface area contributed by atoms with Crippen molar-refractivity contribution in [1.82, 2.24) is 24.7 Å². The van der Waals surface area contributed by atoms with Crippen molar-refractivity contribution in [2.45, 2.75) is 52.1 Å². The third kappa shape index (κ3) is 2.76. The topological polar surface area (TPSA) is 59.7 Å². The van der Waals surface area contributed by atoms with Crippen molar-refractivity contribution in [1.29, 1.82) is 0 Å². The Morgan fingerprint density at radius 2 is 1.93 bits per heavy atom. The third-order valence-corrected chi connectivity index (χ3v) is 6.41. The number of rotatable bonds is 2. The molecule has 144 valence electrons. The molecule has 0 aliphatic carbocycles. The monoisotopic (exact) mass is 392 g/mol. The highest BCUT2D eigenvalue weighted by Gasteiger charge is 2.32. The van der Waals surface area contributed by atoms with Crippen LogP contribution in [0.4, 0.5) is 5.82 Å². The molecule has 5 rings (SSSR count). The molecule has 1 aliphatic heterocycles. The normalized spacial score (nSPS) is 17.9. The molecule has 0 unspecified atom stereocenters. The van der Waals surface area contributed by atoms with Gasteiger partial charge in [-0.15, -0.1) is 11.3 Å². The van der Waals surface area contributed by atoms with E-state index in [0.717, 1.165) is 47.6 Å². The first kappa shape index (κ1) is 17.6. The molecule has 0 bridgehead atoms. The number of benzene rings is 1. The molecule has 0 amide bonds. The van der Waals surface area contributed by atoms with Crippen molar-refractivity contribution < 1.29 is 0 Å². The summed E-state index contributed by atoms with van der Waals surface area (Å²) in [4.78, 5) is 16.9. The second-order valence-electron chi connectivity index (χ2n) is 8.43. The summed E-state index contributed by atoms with van der Waals surface area (Å²) in [5.74, 6) is 1.77. The SMILES string of the molecule is Cc1nc(N2CCC[C@H]2c2nc3ccccc3s2)c2cnn(C(C)(C)C)c2n1. The van der Waals surface area contributed by atoms with Crippen LogP contribution in [-0.2, 0) is 5.54 Å². The van der Waals surface area contributed by atoms with Crippen LogP contribution in [0.2, 0.25) is 0 Å². The number of para-hydroxylation sites is 1. The standard InChI is InChI=1S/C21H24N6S/c1-13-23-18(14-12-22-27(19(14)24-13)21(2,3)4)26-11-7-9-16(26)20-25-15-8-5-6-10-17(15)28-20/h5-6,8,10,12,16H,7,9,11H2,1-4H3/t16-/m0/s1. The molecule has 0 spiro atoms. The van der Waals surface area contributed by atoms with Gasteiger partial charge in [-0.05, 0) is 52.7 Å². The van der Waals surface area contributed by atoms with E-state index in [1.54, 1.807) is 11.3 Å². The molecule has 1 aromatic carbocycles. The molecule has 0 N–H and O–H groups in total. The average Bonchev–Trinajstić information content (AvgIpc) is 3.36. The first-order chi connectivity index (χ1) is 13.4. The number of aryl methyl sites for hydroxylation is 1. The zero-order valence-corrected chi connectivity index (χ0v) is 17.5. The number of thiazole rings is 1. The Labute approximate surface area is 168 Å². The predicted octanol–water partition coefficient (Wildman–Crippen LogP) is 4.84. The van der Waals surface area contributed by atoms with Gasteiger partial charge in [0, 0.05) is 6.54 Å². The van der Waals surface area contributed by atoms with Crippen LogP contribution in [0.5, 0.6) is 0 Å². The van der Waals surface area contributed by atoms with E-state index in [9.17, 15) is 0 Å². The van der Waals surface area contributed by atoms with Crippen LogP contribution in [0.15, 0.2) is 30.5 Å². The molecule has 1 fully saturated rings. The van der Waals surface area contributed by atoms with Crippen LogP contribution in [0.1, 0.15) is 50.5 Å². The minimum absolute atomic E-state index is 0.128. The second-order valence-corrected chi connectivity index (χ2v) is 9.49. The van der Waals surface area contributed by atoms with Crippen molar-refractivity contribution in [3.63, 3.8) is 0 Å². The minimum Gasteiger partial charge on any atom is -0.346 e. The Balaban J connectivity index is 1.63. The van der Waals surface area contributed by atoms with Crippen LogP contribution in [-0.4, -0.2) is 31.3 Å². The van der Waals surface area contributed by atoms with Gasteiger partial charge in [0.05, 0.1) is 33.4 Å². The molecule has 4 heterocycles. The van der Waals surface area contributed by atoms with E-state index >= 15 is 0 Å². The lowest BCUT2D eigenvalue weighted by atomic mass is 10.1. The van der Waals surface area contributed by atoms with Crippen LogP contribution < -0.4 is 4.90 Å². The third-order valence-electron chi connectivity index (χ3n) is 5.28. The smallest absolute Gasteiger partial charge is 0.164 e. The molecule has 1 atom stereocenters. The lowest BCUT2D eigenvalue weighted by molar-refractivity contribution is 0.365. The number of anilines is 1. The first-order valence-electron chi connectivity index (χ1n) is 9.77. The summed E-state index contributed by atoms with van der Waals surface area (Å²) in [6, 6.07) is 8.63. The number of hydrogen-bond donors (Lipinski definition) is 0. The van der Waals surface area contributed by atoms with Gasteiger partial charge in [0.25, 0.3) is 0 Å². The highest BCUT2D eigenvalue weighted by Crippen LogP contribution is 2.40. The van der Waals surface area contributed by atoms with Crippen LogP contribution in [0.25, 0.3) is 21.3 Å². The maximum Gasteiger partial charge on any atom is 0.164 e. The molecule has 28 heavy (non-hydrogen) atoms. The van der Waals surface area contributed by atoms with E-state index in [4.69, 9.17) is 15.0 Å². The summed E-state index contributed by atoms with van der Waals surface area (Å²) in [5, 5.41) is 6.84. The first-order valence-corrected chi connectivity index (χ1v) is 10.6. The lowest BCUT2D eigenvalue weighted by Gasteiger charge is -2.25. The van der Waals surface area contributed by atoms with Crippen molar-refractivity contribution in [3.8, 4) is 0 Å². The molecule has 0 radical (unpaired) electrons. The maximum atomic E-state index is 4.93. The molecular formula is C21H24N6S. The van der Waals surface area contributed by atoms with Crippen molar-refractivity contribution in [2.75, 3.05) is 11.4 Å². The number of aromatic nitrogens is 5. The minimum atomic E-state index is -0.128. The fourth-order valence-corrected chi connectivity index (χ4v) is 5.13. The Morgan fingerprint density at radius 1 is 1.11 bits per heavy atom. The molecule has 1 aliphatic rings. The molecular weight excluding hydrogens is 368 g/mol.